The maximum absolute atomic E-state index is 12.4. The number of fused-ring (bicyclic) bond motifs is 2. The predicted molar refractivity (Wildman–Crippen MR) is 99.0 cm³/mol. The number of carbonyl (C=O) groups excluding carboxylic acids is 1. The van der Waals surface area contributed by atoms with Gasteiger partial charge in [-0.2, -0.15) is 0 Å². The molecule has 1 aliphatic rings. The van der Waals surface area contributed by atoms with Gasteiger partial charge in [0.25, 0.3) is 5.91 Å². The van der Waals surface area contributed by atoms with Crippen LogP contribution in [0, 0.1) is 0 Å². The van der Waals surface area contributed by atoms with Gasteiger partial charge in [-0.15, -0.1) is 0 Å². The maximum Gasteiger partial charge on any atom is 0.251 e. The fraction of sp³-hybridized carbons (Fsp3) is 0.263. The third-order valence-electron chi connectivity index (χ3n) is 3.96. The number of hydrogen-bond acceptors (Lipinski definition) is 5. The minimum absolute atomic E-state index is 0.179. The molecule has 2 aromatic carbocycles. The highest BCUT2D eigenvalue weighted by molar-refractivity contribution is 7.99. The smallest absolute Gasteiger partial charge is 0.251 e. The number of aliphatic imine (C=N–C) groups is 1. The van der Waals surface area contributed by atoms with Crippen LogP contribution in [0.5, 0.6) is 0 Å². The molecule has 0 aromatic heterocycles. The molecule has 0 fully saturated rings. The Bertz CT molecular complexity index is 816. The Morgan fingerprint density at radius 1 is 1.16 bits per heavy atom. The van der Waals surface area contributed by atoms with Gasteiger partial charge in [0.15, 0.2) is 6.29 Å². The van der Waals surface area contributed by atoms with Gasteiger partial charge in [0.05, 0.1) is 12.2 Å². The van der Waals surface area contributed by atoms with Gasteiger partial charge < -0.3 is 14.8 Å². The molecule has 25 heavy (non-hydrogen) atoms. The second-order valence-electron chi connectivity index (χ2n) is 5.59. The first-order chi connectivity index (χ1) is 12.1. The minimum Gasteiger partial charge on any atom is -0.354 e. The van der Waals surface area contributed by atoms with Crippen LogP contribution in [-0.2, 0) is 9.47 Å². The van der Waals surface area contributed by atoms with Crippen molar-refractivity contribution >= 4 is 29.1 Å². The summed E-state index contributed by atoms with van der Waals surface area (Å²) in [4.78, 5) is 19.3. The summed E-state index contributed by atoms with van der Waals surface area (Å²) in [6.07, 6.45) is -0.463. The fourth-order valence-electron chi connectivity index (χ4n) is 2.59. The standard InChI is InChI=1S/C19H20N2O3S/c1-12-14-6-4-5-7-16(14)25-17-9-8-13(10-15(17)21-12)19(22)20-11-18(23-2)24-3/h4-10,18H,11H2,1-3H3,(H,20,22). The number of methoxy groups -OCH3 is 2. The summed E-state index contributed by atoms with van der Waals surface area (Å²) in [7, 11) is 3.07. The molecule has 0 saturated heterocycles. The normalized spacial score (nSPS) is 12.9. The molecular formula is C19H20N2O3S. The van der Waals surface area contributed by atoms with Crippen molar-refractivity contribution in [3.05, 3.63) is 53.6 Å². The molecule has 0 radical (unpaired) electrons. The zero-order valence-corrected chi connectivity index (χ0v) is 15.2. The monoisotopic (exact) mass is 356 g/mol. The first-order valence-electron chi connectivity index (χ1n) is 7.92. The van der Waals surface area contributed by atoms with E-state index in [1.807, 2.05) is 37.3 Å². The number of benzene rings is 2. The Labute approximate surface area is 151 Å². The second-order valence-corrected chi connectivity index (χ2v) is 6.67. The molecule has 6 heteroatoms. The third kappa shape index (κ3) is 3.92. The van der Waals surface area contributed by atoms with E-state index in [2.05, 4.69) is 17.4 Å². The quantitative estimate of drug-likeness (QED) is 0.831. The third-order valence-corrected chi connectivity index (χ3v) is 5.10. The summed E-state index contributed by atoms with van der Waals surface area (Å²) >= 11 is 1.67. The summed E-state index contributed by atoms with van der Waals surface area (Å²) in [6.45, 7) is 2.27. The molecule has 0 unspecified atom stereocenters. The van der Waals surface area contributed by atoms with E-state index in [4.69, 9.17) is 14.5 Å². The van der Waals surface area contributed by atoms with Crippen molar-refractivity contribution in [2.75, 3.05) is 20.8 Å². The zero-order chi connectivity index (χ0) is 17.8. The molecule has 3 rings (SSSR count). The van der Waals surface area contributed by atoms with Gasteiger partial charge in [-0.1, -0.05) is 30.0 Å². The lowest BCUT2D eigenvalue weighted by molar-refractivity contribution is -0.0974. The fourth-order valence-corrected chi connectivity index (χ4v) is 3.64. The minimum atomic E-state index is -0.463. The van der Waals surface area contributed by atoms with Crippen LogP contribution in [0.15, 0.2) is 57.2 Å². The number of hydrogen-bond donors (Lipinski definition) is 1. The van der Waals surface area contributed by atoms with Crippen LogP contribution >= 0.6 is 11.8 Å². The van der Waals surface area contributed by atoms with Crippen molar-refractivity contribution in [3.63, 3.8) is 0 Å². The number of nitrogens with one attached hydrogen (secondary N) is 1. The van der Waals surface area contributed by atoms with E-state index in [1.165, 1.54) is 19.1 Å². The maximum atomic E-state index is 12.4. The van der Waals surface area contributed by atoms with E-state index >= 15 is 0 Å². The van der Waals surface area contributed by atoms with Crippen LogP contribution in [-0.4, -0.2) is 38.7 Å². The van der Waals surface area contributed by atoms with Crippen molar-refractivity contribution < 1.29 is 14.3 Å². The summed E-state index contributed by atoms with van der Waals surface area (Å²) in [6, 6.07) is 13.8. The highest BCUT2D eigenvalue weighted by Crippen LogP contribution is 2.40. The summed E-state index contributed by atoms with van der Waals surface area (Å²) < 4.78 is 10.2. The Hall–Kier alpha value is -2.15. The molecule has 2 aromatic rings. The number of nitrogens with zero attached hydrogens (tertiary/aromatic N) is 1. The van der Waals surface area contributed by atoms with E-state index in [0.29, 0.717) is 5.56 Å². The van der Waals surface area contributed by atoms with E-state index < -0.39 is 6.29 Å². The average Bonchev–Trinajstić information content (AvgIpc) is 2.77. The second kappa shape index (κ2) is 7.82. The predicted octanol–water partition coefficient (Wildman–Crippen LogP) is 3.64. The van der Waals surface area contributed by atoms with Gasteiger partial charge in [0.1, 0.15) is 0 Å². The topological polar surface area (TPSA) is 59.9 Å². The molecule has 1 aliphatic heterocycles. The van der Waals surface area contributed by atoms with Crippen molar-refractivity contribution in [1.29, 1.82) is 0 Å². The first kappa shape index (κ1) is 17.7. The summed E-state index contributed by atoms with van der Waals surface area (Å²) in [5, 5.41) is 2.81. The van der Waals surface area contributed by atoms with Gasteiger partial charge in [-0.25, -0.2) is 0 Å². The van der Waals surface area contributed by atoms with E-state index in [0.717, 1.165) is 21.9 Å². The molecule has 0 aliphatic carbocycles. The van der Waals surface area contributed by atoms with Crippen LogP contribution in [0.25, 0.3) is 0 Å². The SMILES string of the molecule is COC(CNC(=O)c1ccc2c(c1)N=C(C)c1ccccc1S2)OC. The highest BCUT2D eigenvalue weighted by Gasteiger charge is 2.17. The molecule has 0 spiro atoms. The van der Waals surface area contributed by atoms with Crippen LogP contribution in [0.4, 0.5) is 5.69 Å². The van der Waals surface area contributed by atoms with Gasteiger partial charge >= 0.3 is 0 Å². The van der Waals surface area contributed by atoms with Gasteiger partial charge in [-0.3, -0.25) is 9.79 Å². The Morgan fingerprint density at radius 3 is 2.68 bits per heavy atom. The van der Waals surface area contributed by atoms with Gasteiger partial charge in [0.2, 0.25) is 0 Å². The van der Waals surface area contributed by atoms with Crippen molar-refractivity contribution in [2.45, 2.75) is 23.0 Å². The molecule has 130 valence electrons. The van der Waals surface area contributed by atoms with Gasteiger partial charge in [-0.05, 0) is 31.2 Å². The van der Waals surface area contributed by atoms with Crippen LogP contribution in [0.1, 0.15) is 22.8 Å². The molecule has 1 N–H and O–H groups in total. The molecule has 0 bridgehead atoms. The van der Waals surface area contributed by atoms with Crippen molar-refractivity contribution in [3.8, 4) is 0 Å². The zero-order valence-electron chi connectivity index (χ0n) is 14.4. The van der Waals surface area contributed by atoms with Crippen LogP contribution < -0.4 is 5.32 Å². The molecule has 1 amide bonds. The average molecular weight is 356 g/mol. The molecule has 1 heterocycles. The molecule has 0 saturated carbocycles. The van der Waals surface area contributed by atoms with E-state index in [9.17, 15) is 4.79 Å². The summed E-state index contributed by atoms with van der Waals surface area (Å²) in [5.41, 5.74) is 3.44. The lowest BCUT2D eigenvalue weighted by atomic mass is 10.1. The Morgan fingerprint density at radius 2 is 1.92 bits per heavy atom. The van der Waals surface area contributed by atoms with Crippen molar-refractivity contribution in [1.82, 2.24) is 5.32 Å². The van der Waals surface area contributed by atoms with Crippen molar-refractivity contribution in [2.24, 2.45) is 4.99 Å². The molecule has 5 nitrogen and oxygen atoms in total. The lowest BCUT2D eigenvalue weighted by Crippen LogP contribution is -2.34. The number of rotatable bonds is 5. The molecular weight excluding hydrogens is 336 g/mol. The largest absolute Gasteiger partial charge is 0.354 e. The van der Waals surface area contributed by atoms with Gasteiger partial charge in [0, 0.05) is 40.8 Å². The first-order valence-corrected chi connectivity index (χ1v) is 8.74. The number of carbonyl (C=O) groups is 1. The number of amides is 1. The Kier molecular flexibility index (Phi) is 5.53. The van der Waals surface area contributed by atoms with E-state index in [1.54, 1.807) is 11.8 Å². The van der Waals surface area contributed by atoms with E-state index in [-0.39, 0.29) is 12.5 Å². The van der Waals surface area contributed by atoms with Crippen LogP contribution in [0.2, 0.25) is 0 Å². The van der Waals surface area contributed by atoms with Crippen LogP contribution in [0.3, 0.4) is 0 Å². The Balaban J connectivity index is 1.84. The summed E-state index contributed by atoms with van der Waals surface area (Å²) in [5.74, 6) is -0.179. The highest BCUT2D eigenvalue weighted by atomic mass is 32.2. The molecule has 0 atom stereocenters. The number of ether oxygens (including phenoxy) is 2. The lowest BCUT2D eigenvalue weighted by Gasteiger charge is -2.14.